The maximum Gasteiger partial charge on any atom is 0.237 e. The van der Waals surface area contributed by atoms with Crippen molar-refractivity contribution in [1.82, 2.24) is 9.21 Å². The molecule has 0 spiro atoms. The van der Waals surface area contributed by atoms with Crippen LogP contribution in [0.4, 0.5) is 0 Å². The van der Waals surface area contributed by atoms with E-state index in [-0.39, 0.29) is 19.0 Å². The minimum Gasteiger partial charge on any atom is -0.348 e. The first-order chi connectivity index (χ1) is 7.35. The van der Waals surface area contributed by atoms with E-state index < -0.39 is 15.8 Å². The third-order valence-corrected chi connectivity index (χ3v) is 3.52. The van der Waals surface area contributed by atoms with Crippen LogP contribution in [0.3, 0.4) is 0 Å². The molecule has 0 fully saturated rings. The van der Waals surface area contributed by atoms with E-state index in [0.29, 0.717) is 6.42 Å². The summed E-state index contributed by atoms with van der Waals surface area (Å²) in [4.78, 5) is 12.7. The number of carbonyl (C=O) groups is 1. The number of nitriles is 1. The number of carbonyl (C=O) groups excluding carboxylic acids is 1. The van der Waals surface area contributed by atoms with Crippen LogP contribution in [0, 0.1) is 11.3 Å². The summed E-state index contributed by atoms with van der Waals surface area (Å²) in [6.45, 7) is 1.86. The normalized spacial score (nSPS) is 11.2. The van der Waals surface area contributed by atoms with Gasteiger partial charge in [0.25, 0.3) is 0 Å². The maximum absolute atomic E-state index is 11.6. The molecular weight excluding hydrogens is 230 g/mol. The van der Waals surface area contributed by atoms with Gasteiger partial charge in [0.05, 0.1) is 12.6 Å². The fourth-order valence-corrected chi connectivity index (χ4v) is 2.14. The van der Waals surface area contributed by atoms with Crippen molar-refractivity contribution in [3.8, 4) is 6.07 Å². The third-order valence-electron chi connectivity index (χ3n) is 1.92. The van der Waals surface area contributed by atoms with Gasteiger partial charge in [0.15, 0.2) is 5.75 Å². The predicted octanol–water partition coefficient (Wildman–Crippen LogP) is -0.360. The summed E-state index contributed by atoms with van der Waals surface area (Å²) in [5.41, 5.74) is 0. The van der Waals surface area contributed by atoms with Crippen LogP contribution in [0.2, 0.25) is 0 Å². The topological polar surface area (TPSA) is 81.5 Å². The molecule has 0 saturated heterocycles. The average molecular weight is 247 g/mol. The second kappa shape index (κ2) is 6.45. The molecule has 0 aliphatic heterocycles. The van der Waals surface area contributed by atoms with E-state index >= 15 is 0 Å². The van der Waals surface area contributed by atoms with Crippen LogP contribution >= 0.6 is 0 Å². The van der Waals surface area contributed by atoms with Crippen LogP contribution in [0.5, 0.6) is 0 Å². The lowest BCUT2D eigenvalue weighted by atomic mass is 10.4. The molecule has 6 nitrogen and oxygen atoms in total. The molecule has 0 aliphatic rings. The fraction of sp³-hybridized carbons (Fsp3) is 0.778. The number of hydrogen-bond acceptors (Lipinski definition) is 4. The summed E-state index contributed by atoms with van der Waals surface area (Å²) < 4.78 is 24.3. The van der Waals surface area contributed by atoms with Gasteiger partial charge < -0.3 is 4.90 Å². The van der Waals surface area contributed by atoms with Crippen molar-refractivity contribution in [3.63, 3.8) is 0 Å². The van der Waals surface area contributed by atoms with Crippen LogP contribution in [0.1, 0.15) is 13.3 Å². The molecule has 7 heteroatoms. The van der Waals surface area contributed by atoms with Crippen molar-refractivity contribution in [2.75, 3.05) is 32.9 Å². The molecule has 0 saturated carbocycles. The lowest BCUT2D eigenvalue weighted by molar-refractivity contribution is -0.128. The van der Waals surface area contributed by atoms with E-state index in [9.17, 15) is 13.2 Å². The van der Waals surface area contributed by atoms with Gasteiger partial charge in [-0.1, -0.05) is 6.92 Å². The smallest absolute Gasteiger partial charge is 0.237 e. The minimum atomic E-state index is -3.64. The maximum atomic E-state index is 11.6. The largest absolute Gasteiger partial charge is 0.348 e. The Morgan fingerprint density at radius 2 is 1.94 bits per heavy atom. The highest BCUT2D eigenvalue weighted by atomic mass is 32.2. The van der Waals surface area contributed by atoms with E-state index in [2.05, 4.69) is 0 Å². The lowest BCUT2D eigenvalue weighted by Crippen LogP contribution is -2.41. The van der Waals surface area contributed by atoms with Crippen molar-refractivity contribution in [3.05, 3.63) is 0 Å². The second-order valence-electron chi connectivity index (χ2n) is 3.54. The quantitative estimate of drug-likeness (QED) is 0.642. The summed E-state index contributed by atoms with van der Waals surface area (Å²) in [7, 11) is -0.521. The highest BCUT2D eigenvalue weighted by molar-refractivity contribution is 7.89. The summed E-state index contributed by atoms with van der Waals surface area (Å²) >= 11 is 0. The van der Waals surface area contributed by atoms with Gasteiger partial charge in [-0.15, -0.1) is 0 Å². The van der Waals surface area contributed by atoms with E-state index in [1.807, 2.05) is 6.92 Å². The standard InChI is InChI=1S/C9H17N3O3S/c1-4-6-12(8-9(13)11(2)3)16(14,15)7-5-10/h4,6-8H2,1-3H3. The first-order valence-corrected chi connectivity index (χ1v) is 6.51. The third kappa shape index (κ3) is 4.59. The molecule has 0 heterocycles. The van der Waals surface area contributed by atoms with Gasteiger partial charge in [-0.3, -0.25) is 4.79 Å². The van der Waals surface area contributed by atoms with Crippen LogP contribution in [0.15, 0.2) is 0 Å². The van der Waals surface area contributed by atoms with Gasteiger partial charge in [0.1, 0.15) is 0 Å². The van der Waals surface area contributed by atoms with E-state index in [1.54, 1.807) is 20.2 Å². The molecule has 0 unspecified atom stereocenters. The first-order valence-electron chi connectivity index (χ1n) is 4.90. The zero-order valence-corrected chi connectivity index (χ0v) is 10.6. The first kappa shape index (κ1) is 14.9. The van der Waals surface area contributed by atoms with Gasteiger partial charge in [-0.25, -0.2) is 8.42 Å². The van der Waals surface area contributed by atoms with Crippen molar-refractivity contribution in [1.29, 1.82) is 5.26 Å². The van der Waals surface area contributed by atoms with Crippen molar-refractivity contribution in [2.24, 2.45) is 0 Å². The molecule has 16 heavy (non-hydrogen) atoms. The zero-order valence-electron chi connectivity index (χ0n) is 9.80. The fourth-order valence-electron chi connectivity index (χ4n) is 1.03. The molecule has 0 N–H and O–H groups in total. The van der Waals surface area contributed by atoms with Crippen LogP contribution in [-0.2, 0) is 14.8 Å². The Morgan fingerprint density at radius 1 is 1.38 bits per heavy atom. The number of sulfonamides is 1. The highest BCUT2D eigenvalue weighted by Crippen LogP contribution is 2.03. The Labute approximate surface area is 96.5 Å². The number of nitrogens with zero attached hydrogens (tertiary/aromatic N) is 3. The predicted molar refractivity (Wildman–Crippen MR) is 60.0 cm³/mol. The Hall–Kier alpha value is -1.13. The van der Waals surface area contributed by atoms with E-state index in [1.165, 1.54) is 4.90 Å². The number of amides is 1. The van der Waals surface area contributed by atoms with Crippen molar-refractivity contribution >= 4 is 15.9 Å². The Bertz CT molecular complexity index is 370. The Morgan fingerprint density at radius 3 is 2.31 bits per heavy atom. The van der Waals surface area contributed by atoms with E-state index in [4.69, 9.17) is 5.26 Å². The number of likely N-dealkylation sites (N-methyl/N-ethyl adjacent to an activating group) is 1. The van der Waals surface area contributed by atoms with Crippen LogP contribution in [0.25, 0.3) is 0 Å². The molecule has 0 radical (unpaired) electrons. The van der Waals surface area contributed by atoms with Gasteiger partial charge in [-0.05, 0) is 6.42 Å². The number of hydrogen-bond donors (Lipinski definition) is 0. The Kier molecular flexibility index (Phi) is 6.00. The highest BCUT2D eigenvalue weighted by Gasteiger charge is 2.23. The minimum absolute atomic E-state index is 0.204. The summed E-state index contributed by atoms with van der Waals surface area (Å²) in [5, 5.41) is 8.41. The summed E-state index contributed by atoms with van der Waals surface area (Å²) in [6.07, 6.45) is 0.603. The van der Waals surface area contributed by atoms with E-state index in [0.717, 1.165) is 4.31 Å². The molecule has 0 atom stereocenters. The zero-order chi connectivity index (χ0) is 12.8. The van der Waals surface area contributed by atoms with Gasteiger partial charge in [0.2, 0.25) is 15.9 Å². The van der Waals surface area contributed by atoms with Gasteiger partial charge in [-0.2, -0.15) is 9.57 Å². The second-order valence-corrected chi connectivity index (χ2v) is 5.50. The van der Waals surface area contributed by atoms with Crippen LogP contribution < -0.4 is 0 Å². The molecule has 0 aromatic rings. The van der Waals surface area contributed by atoms with Crippen molar-refractivity contribution < 1.29 is 13.2 Å². The molecular formula is C9H17N3O3S. The molecule has 0 aromatic carbocycles. The van der Waals surface area contributed by atoms with Crippen molar-refractivity contribution in [2.45, 2.75) is 13.3 Å². The molecule has 0 bridgehead atoms. The molecule has 0 aliphatic carbocycles. The SMILES string of the molecule is CCCN(CC(=O)N(C)C)S(=O)(=O)CC#N. The van der Waals surface area contributed by atoms with Crippen LogP contribution in [-0.4, -0.2) is 56.5 Å². The monoisotopic (exact) mass is 247 g/mol. The molecule has 1 amide bonds. The lowest BCUT2D eigenvalue weighted by Gasteiger charge is -2.21. The molecule has 92 valence electrons. The Balaban J connectivity index is 4.76. The molecule has 0 aromatic heterocycles. The van der Waals surface area contributed by atoms with Gasteiger partial charge >= 0.3 is 0 Å². The summed E-state index contributed by atoms with van der Waals surface area (Å²) in [6, 6.07) is 1.59. The van der Waals surface area contributed by atoms with Gasteiger partial charge in [0, 0.05) is 20.6 Å². The summed E-state index contributed by atoms with van der Waals surface area (Å²) in [5.74, 6) is -0.886. The number of rotatable bonds is 6. The molecule has 0 rings (SSSR count). The average Bonchev–Trinajstić information content (AvgIpc) is 2.16.